The van der Waals surface area contributed by atoms with Gasteiger partial charge in [-0.3, -0.25) is 0 Å². The maximum Gasteiger partial charge on any atom is 0.343 e. The number of methoxy groups -OCH3 is 1. The molecular weight excluding hydrogens is 232 g/mol. The highest BCUT2D eigenvalue weighted by Gasteiger charge is 2.16. The van der Waals surface area contributed by atoms with Crippen molar-refractivity contribution in [1.29, 1.82) is 0 Å². The predicted molar refractivity (Wildman–Crippen MR) is 69.7 cm³/mol. The number of hydrogen-bond acceptors (Lipinski definition) is 6. The molecule has 1 unspecified atom stereocenters. The lowest BCUT2D eigenvalue weighted by atomic mass is 10.2. The van der Waals surface area contributed by atoms with Gasteiger partial charge in [0.1, 0.15) is 17.2 Å². The lowest BCUT2D eigenvalue weighted by molar-refractivity contribution is 0.0601. The summed E-state index contributed by atoms with van der Waals surface area (Å²) in [7, 11) is 5.32. The molecule has 1 atom stereocenters. The van der Waals surface area contributed by atoms with E-state index in [1.54, 1.807) is 6.92 Å². The number of nitrogens with one attached hydrogen (secondary N) is 1. The van der Waals surface area contributed by atoms with Gasteiger partial charge in [0.2, 0.25) is 0 Å². The molecule has 0 radical (unpaired) electrons. The van der Waals surface area contributed by atoms with Crippen molar-refractivity contribution >= 4 is 11.8 Å². The highest BCUT2D eigenvalue weighted by molar-refractivity contribution is 5.94. The standard InChI is InChI=1S/C12H20N4O2/c1-8(7-16(3)4)14-11-10(12(17)18-5)6-13-9(2)15-11/h6,8H,7H2,1-5H3,(H,13,14,15). The number of aromatic nitrogens is 2. The molecule has 18 heavy (non-hydrogen) atoms. The fourth-order valence-electron chi connectivity index (χ4n) is 1.67. The van der Waals surface area contributed by atoms with E-state index in [-0.39, 0.29) is 6.04 Å². The van der Waals surface area contributed by atoms with Crippen molar-refractivity contribution in [3.63, 3.8) is 0 Å². The Balaban J connectivity index is 2.92. The minimum absolute atomic E-state index is 0.165. The molecule has 6 heteroatoms. The summed E-state index contributed by atoms with van der Waals surface area (Å²) in [6, 6.07) is 0.165. The Hall–Kier alpha value is -1.69. The summed E-state index contributed by atoms with van der Waals surface area (Å²) >= 11 is 0. The largest absolute Gasteiger partial charge is 0.465 e. The SMILES string of the molecule is COC(=O)c1cnc(C)nc1NC(C)CN(C)C. The summed E-state index contributed by atoms with van der Waals surface area (Å²) in [5.41, 5.74) is 0.355. The van der Waals surface area contributed by atoms with Gasteiger partial charge in [-0.1, -0.05) is 0 Å². The van der Waals surface area contributed by atoms with Gasteiger partial charge < -0.3 is 15.0 Å². The van der Waals surface area contributed by atoms with E-state index in [0.717, 1.165) is 6.54 Å². The van der Waals surface area contributed by atoms with Gasteiger partial charge in [-0.2, -0.15) is 0 Å². The number of carbonyl (C=O) groups is 1. The van der Waals surface area contributed by atoms with E-state index < -0.39 is 5.97 Å². The van der Waals surface area contributed by atoms with Crippen LogP contribution < -0.4 is 5.32 Å². The molecule has 1 N–H and O–H groups in total. The fourth-order valence-corrected chi connectivity index (χ4v) is 1.67. The third-order valence-corrected chi connectivity index (χ3v) is 2.34. The Kier molecular flexibility index (Phi) is 5.03. The van der Waals surface area contributed by atoms with E-state index in [1.807, 2.05) is 21.0 Å². The summed E-state index contributed by atoms with van der Waals surface area (Å²) < 4.78 is 4.71. The first kappa shape index (κ1) is 14.4. The Labute approximate surface area is 107 Å². The average Bonchev–Trinajstić information content (AvgIpc) is 2.27. The maximum absolute atomic E-state index is 11.6. The van der Waals surface area contributed by atoms with Crippen molar-refractivity contribution in [2.45, 2.75) is 19.9 Å². The molecule has 0 bridgehead atoms. The molecule has 1 rings (SSSR count). The fraction of sp³-hybridized carbons (Fsp3) is 0.583. The molecule has 1 aromatic rings. The zero-order valence-corrected chi connectivity index (χ0v) is 11.5. The van der Waals surface area contributed by atoms with Crippen LogP contribution in [-0.4, -0.2) is 54.6 Å². The lowest BCUT2D eigenvalue weighted by Crippen LogP contribution is -2.30. The number of rotatable bonds is 5. The van der Waals surface area contributed by atoms with Gasteiger partial charge in [-0.15, -0.1) is 0 Å². The van der Waals surface area contributed by atoms with E-state index in [0.29, 0.717) is 17.2 Å². The summed E-state index contributed by atoms with van der Waals surface area (Å²) in [5, 5.41) is 3.20. The molecule has 0 aromatic carbocycles. The second-order valence-corrected chi connectivity index (χ2v) is 4.48. The number of ether oxygens (including phenoxy) is 1. The van der Waals surface area contributed by atoms with Crippen LogP contribution in [0, 0.1) is 6.92 Å². The Morgan fingerprint density at radius 2 is 2.22 bits per heavy atom. The normalized spacial score (nSPS) is 12.3. The molecule has 0 aliphatic heterocycles. The van der Waals surface area contributed by atoms with Gasteiger partial charge in [0.25, 0.3) is 0 Å². The summed E-state index contributed by atoms with van der Waals surface area (Å²) in [4.78, 5) is 21.9. The van der Waals surface area contributed by atoms with Gasteiger partial charge in [0.05, 0.1) is 7.11 Å². The summed E-state index contributed by atoms with van der Waals surface area (Å²) in [6.45, 7) is 4.64. The molecule has 0 saturated carbocycles. The highest BCUT2D eigenvalue weighted by Crippen LogP contribution is 2.14. The number of anilines is 1. The van der Waals surface area contributed by atoms with Crippen LogP contribution in [0.2, 0.25) is 0 Å². The second-order valence-electron chi connectivity index (χ2n) is 4.48. The van der Waals surface area contributed by atoms with Crippen molar-refractivity contribution < 1.29 is 9.53 Å². The van der Waals surface area contributed by atoms with Crippen LogP contribution in [-0.2, 0) is 4.74 Å². The zero-order chi connectivity index (χ0) is 13.7. The molecule has 1 heterocycles. The molecule has 1 aromatic heterocycles. The van der Waals surface area contributed by atoms with Crippen molar-refractivity contribution in [2.24, 2.45) is 0 Å². The Morgan fingerprint density at radius 3 is 2.78 bits per heavy atom. The first-order chi connectivity index (χ1) is 8.43. The zero-order valence-electron chi connectivity index (χ0n) is 11.5. The minimum Gasteiger partial charge on any atom is -0.465 e. The van der Waals surface area contributed by atoms with Crippen molar-refractivity contribution in [3.8, 4) is 0 Å². The van der Waals surface area contributed by atoms with Gasteiger partial charge in [0.15, 0.2) is 0 Å². The topological polar surface area (TPSA) is 67.3 Å². The van der Waals surface area contributed by atoms with E-state index >= 15 is 0 Å². The van der Waals surface area contributed by atoms with E-state index in [4.69, 9.17) is 4.74 Å². The van der Waals surface area contributed by atoms with Gasteiger partial charge in [-0.05, 0) is 27.9 Å². The Bertz CT molecular complexity index is 421. The molecular formula is C12H20N4O2. The predicted octanol–water partition coefficient (Wildman–Crippen LogP) is 0.934. The maximum atomic E-state index is 11.6. The number of esters is 1. The third-order valence-electron chi connectivity index (χ3n) is 2.34. The summed E-state index contributed by atoms with van der Waals surface area (Å²) in [5.74, 6) is 0.695. The lowest BCUT2D eigenvalue weighted by Gasteiger charge is -2.20. The number of hydrogen-bond donors (Lipinski definition) is 1. The van der Waals surface area contributed by atoms with Crippen LogP contribution in [0.1, 0.15) is 23.1 Å². The van der Waals surface area contributed by atoms with Crippen LogP contribution in [0.3, 0.4) is 0 Å². The first-order valence-corrected chi connectivity index (χ1v) is 5.77. The molecule has 0 fully saturated rings. The number of aryl methyl sites for hydroxylation is 1. The monoisotopic (exact) mass is 252 g/mol. The van der Waals surface area contributed by atoms with Crippen molar-refractivity contribution in [1.82, 2.24) is 14.9 Å². The van der Waals surface area contributed by atoms with Crippen LogP contribution in [0.5, 0.6) is 0 Å². The highest BCUT2D eigenvalue weighted by atomic mass is 16.5. The third kappa shape index (κ3) is 3.96. The molecule has 0 amide bonds. The second kappa shape index (κ2) is 6.30. The van der Waals surface area contributed by atoms with Crippen LogP contribution in [0.15, 0.2) is 6.20 Å². The van der Waals surface area contributed by atoms with Crippen LogP contribution >= 0.6 is 0 Å². The summed E-state index contributed by atoms with van der Waals surface area (Å²) in [6.07, 6.45) is 1.48. The Morgan fingerprint density at radius 1 is 1.56 bits per heavy atom. The van der Waals surface area contributed by atoms with Crippen molar-refractivity contribution in [3.05, 3.63) is 17.6 Å². The van der Waals surface area contributed by atoms with Gasteiger partial charge in [0, 0.05) is 18.8 Å². The molecule has 6 nitrogen and oxygen atoms in total. The van der Waals surface area contributed by atoms with E-state index in [9.17, 15) is 4.79 Å². The smallest absolute Gasteiger partial charge is 0.343 e. The van der Waals surface area contributed by atoms with E-state index in [1.165, 1.54) is 13.3 Å². The molecule has 100 valence electrons. The number of carbonyl (C=O) groups excluding carboxylic acids is 1. The van der Waals surface area contributed by atoms with Gasteiger partial charge in [-0.25, -0.2) is 14.8 Å². The minimum atomic E-state index is -0.436. The van der Waals surface area contributed by atoms with Crippen LogP contribution in [0.4, 0.5) is 5.82 Å². The van der Waals surface area contributed by atoms with E-state index in [2.05, 4.69) is 20.2 Å². The van der Waals surface area contributed by atoms with Gasteiger partial charge >= 0.3 is 5.97 Å². The molecule has 0 saturated heterocycles. The molecule has 0 aliphatic carbocycles. The quantitative estimate of drug-likeness (QED) is 0.786. The van der Waals surface area contributed by atoms with Crippen LogP contribution in [0.25, 0.3) is 0 Å². The average molecular weight is 252 g/mol. The first-order valence-electron chi connectivity index (χ1n) is 5.77. The molecule has 0 aliphatic rings. The number of nitrogens with zero attached hydrogens (tertiary/aromatic N) is 3. The molecule has 0 spiro atoms. The van der Waals surface area contributed by atoms with Crippen molar-refractivity contribution in [2.75, 3.05) is 33.1 Å². The number of likely N-dealkylation sites (N-methyl/N-ethyl adjacent to an activating group) is 1.